The van der Waals surface area contributed by atoms with Crippen molar-refractivity contribution in [3.63, 3.8) is 0 Å². The van der Waals surface area contributed by atoms with Crippen molar-refractivity contribution >= 4 is 39.0 Å². The number of nitrogens with two attached hydrogens (primary N) is 1. The summed E-state index contributed by atoms with van der Waals surface area (Å²) in [6.45, 7) is 3.88. The first kappa shape index (κ1) is 15.1. The molecule has 2 rings (SSSR count). The van der Waals surface area contributed by atoms with Crippen LogP contribution in [0.3, 0.4) is 0 Å². The minimum Gasteiger partial charge on any atom is -0.398 e. The van der Waals surface area contributed by atoms with Crippen molar-refractivity contribution in [1.82, 2.24) is 0 Å². The minimum atomic E-state index is -0.0192. The highest BCUT2D eigenvalue weighted by Crippen LogP contribution is 2.26. The highest BCUT2D eigenvalue weighted by atomic mass is 79.9. The molecule has 0 unspecified atom stereocenters. The van der Waals surface area contributed by atoms with E-state index in [0.29, 0.717) is 16.3 Å². The van der Waals surface area contributed by atoms with E-state index >= 15 is 0 Å². The maximum atomic E-state index is 12.4. The van der Waals surface area contributed by atoms with Gasteiger partial charge in [-0.3, -0.25) is 4.79 Å². The average Bonchev–Trinajstić information content (AvgIpc) is 2.38. The molecule has 0 saturated carbocycles. The van der Waals surface area contributed by atoms with Crippen LogP contribution in [-0.2, 0) is 6.42 Å². The number of nitrogen functional groups attached to an aromatic ring is 1. The number of halogens is 2. The Morgan fingerprint density at radius 1 is 1.25 bits per heavy atom. The molecule has 0 aliphatic rings. The Morgan fingerprint density at radius 2 is 1.95 bits per heavy atom. The lowest BCUT2D eigenvalue weighted by Crippen LogP contribution is -2.09. The van der Waals surface area contributed by atoms with Crippen LogP contribution in [0, 0.1) is 13.8 Å². The van der Waals surface area contributed by atoms with E-state index in [-0.39, 0.29) is 12.2 Å². The van der Waals surface area contributed by atoms with Crippen LogP contribution < -0.4 is 5.73 Å². The van der Waals surface area contributed by atoms with Crippen LogP contribution in [-0.4, -0.2) is 5.78 Å². The molecule has 2 nitrogen and oxygen atoms in total. The summed E-state index contributed by atoms with van der Waals surface area (Å²) in [4.78, 5) is 12.4. The molecule has 0 spiro atoms. The first-order valence-electron chi connectivity index (χ1n) is 6.23. The SMILES string of the molecule is Cc1cc(C(=O)Cc2c(C)cccc2Cl)c(N)cc1Br. The molecule has 2 N–H and O–H groups in total. The first-order chi connectivity index (χ1) is 9.40. The highest BCUT2D eigenvalue weighted by Gasteiger charge is 2.15. The molecule has 104 valence electrons. The van der Waals surface area contributed by atoms with Crippen molar-refractivity contribution in [3.8, 4) is 0 Å². The molecule has 4 heteroatoms. The predicted octanol–water partition coefficient (Wildman–Crippen LogP) is 4.73. The van der Waals surface area contributed by atoms with Crippen LogP contribution in [0.1, 0.15) is 27.0 Å². The number of anilines is 1. The number of carbonyl (C=O) groups is 1. The zero-order valence-corrected chi connectivity index (χ0v) is 13.7. The summed E-state index contributed by atoms with van der Waals surface area (Å²) in [5, 5.41) is 0.616. The van der Waals surface area contributed by atoms with Crippen LogP contribution in [0.4, 0.5) is 5.69 Å². The van der Waals surface area contributed by atoms with Gasteiger partial charge in [-0.05, 0) is 48.7 Å². The maximum absolute atomic E-state index is 12.4. The van der Waals surface area contributed by atoms with Crippen LogP contribution in [0.5, 0.6) is 0 Å². The minimum absolute atomic E-state index is 0.0192. The van der Waals surface area contributed by atoms with E-state index in [1.807, 2.05) is 32.0 Å². The molecular formula is C16H15BrClNO. The van der Waals surface area contributed by atoms with Gasteiger partial charge in [0.05, 0.1) is 0 Å². The fraction of sp³-hybridized carbons (Fsp3) is 0.188. The molecule has 2 aromatic carbocycles. The number of hydrogen-bond acceptors (Lipinski definition) is 2. The Hall–Kier alpha value is -1.32. The average molecular weight is 353 g/mol. The highest BCUT2D eigenvalue weighted by molar-refractivity contribution is 9.10. The third-order valence-electron chi connectivity index (χ3n) is 3.32. The molecule has 2 aromatic rings. The van der Waals surface area contributed by atoms with Gasteiger partial charge in [0.1, 0.15) is 0 Å². The van der Waals surface area contributed by atoms with E-state index in [9.17, 15) is 4.79 Å². The van der Waals surface area contributed by atoms with E-state index in [0.717, 1.165) is 21.2 Å². The van der Waals surface area contributed by atoms with Crippen LogP contribution >= 0.6 is 27.5 Å². The standard InChI is InChI=1S/C16H15BrClNO/c1-9-4-3-5-14(18)11(9)7-16(20)12-6-10(2)13(17)8-15(12)19/h3-6,8H,7,19H2,1-2H3. The molecule has 0 bridgehead atoms. The van der Waals surface area contributed by atoms with Crippen molar-refractivity contribution in [2.45, 2.75) is 20.3 Å². The molecule has 0 aliphatic heterocycles. The molecule has 20 heavy (non-hydrogen) atoms. The van der Waals surface area contributed by atoms with Gasteiger partial charge < -0.3 is 5.73 Å². The summed E-state index contributed by atoms with van der Waals surface area (Å²) in [7, 11) is 0. The van der Waals surface area contributed by atoms with Crippen molar-refractivity contribution in [3.05, 3.63) is 62.1 Å². The van der Waals surface area contributed by atoms with E-state index in [1.54, 1.807) is 12.1 Å². The fourth-order valence-corrected chi connectivity index (χ4v) is 2.73. The summed E-state index contributed by atoms with van der Waals surface area (Å²) in [5.41, 5.74) is 9.82. The smallest absolute Gasteiger partial charge is 0.169 e. The zero-order valence-electron chi connectivity index (χ0n) is 11.3. The lowest BCUT2D eigenvalue weighted by molar-refractivity contribution is 0.0993. The summed E-state index contributed by atoms with van der Waals surface area (Å²) >= 11 is 9.57. The van der Waals surface area contributed by atoms with Crippen LogP contribution in [0.15, 0.2) is 34.8 Å². The van der Waals surface area contributed by atoms with Crippen molar-refractivity contribution in [1.29, 1.82) is 0 Å². The molecule has 0 radical (unpaired) electrons. The predicted molar refractivity (Wildman–Crippen MR) is 87.5 cm³/mol. The van der Waals surface area contributed by atoms with E-state index < -0.39 is 0 Å². The molecule has 0 aliphatic carbocycles. The van der Waals surface area contributed by atoms with Crippen molar-refractivity contribution in [2.24, 2.45) is 0 Å². The molecule has 0 saturated heterocycles. The second-order valence-electron chi connectivity index (χ2n) is 4.82. The van der Waals surface area contributed by atoms with Crippen LogP contribution in [0.2, 0.25) is 5.02 Å². The Balaban J connectivity index is 2.36. The normalized spacial score (nSPS) is 10.6. The van der Waals surface area contributed by atoms with Gasteiger partial charge in [-0.1, -0.05) is 39.7 Å². The topological polar surface area (TPSA) is 43.1 Å². The Bertz CT molecular complexity index is 662. The van der Waals surface area contributed by atoms with Gasteiger partial charge in [-0.2, -0.15) is 0 Å². The summed E-state index contributed by atoms with van der Waals surface area (Å²) in [5.74, 6) is -0.0192. The number of aryl methyl sites for hydroxylation is 2. The van der Waals surface area contributed by atoms with Gasteiger partial charge in [-0.15, -0.1) is 0 Å². The molecule has 0 atom stereocenters. The van der Waals surface area contributed by atoms with Gasteiger partial charge >= 0.3 is 0 Å². The third kappa shape index (κ3) is 3.05. The van der Waals surface area contributed by atoms with Gasteiger partial charge in [0, 0.05) is 27.2 Å². The summed E-state index contributed by atoms with van der Waals surface area (Å²) in [6, 6.07) is 9.21. The largest absolute Gasteiger partial charge is 0.398 e. The Morgan fingerprint density at radius 3 is 2.60 bits per heavy atom. The lowest BCUT2D eigenvalue weighted by Gasteiger charge is -2.10. The van der Waals surface area contributed by atoms with E-state index in [2.05, 4.69) is 15.9 Å². The Labute approximate surface area is 132 Å². The maximum Gasteiger partial charge on any atom is 0.169 e. The second kappa shape index (κ2) is 5.98. The number of benzene rings is 2. The van der Waals surface area contributed by atoms with Gasteiger partial charge in [0.15, 0.2) is 5.78 Å². The first-order valence-corrected chi connectivity index (χ1v) is 7.40. The number of Topliss-reactive ketones (excluding diaryl/α,β-unsaturated/α-hetero) is 1. The quantitative estimate of drug-likeness (QED) is 0.641. The molecule has 0 fully saturated rings. The Kier molecular flexibility index (Phi) is 4.51. The molecule has 0 aromatic heterocycles. The number of hydrogen-bond donors (Lipinski definition) is 1. The molecular weight excluding hydrogens is 338 g/mol. The lowest BCUT2D eigenvalue weighted by atomic mass is 9.97. The summed E-state index contributed by atoms with van der Waals surface area (Å²) < 4.78 is 0.903. The number of ketones is 1. The molecule has 0 amide bonds. The number of rotatable bonds is 3. The van der Waals surface area contributed by atoms with Gasteiger partial charge in [0.25, 0.3) is 0 Å². The van der Waals surface area contributed by atoms with Crippen molar-refractivity contribution in [2.75, 3.05) is 5.73 Å². The van der Waals surface area contributed by atoms with Crippen molar-refractivity contribution < 1.29 is 4.79 Å². The fourth-order valence-electron chi connectivity index (χ4n) is 2.08. The monoisotopic (exact) mass is 351 g/mol. The zero-order chi connectivity index (χ0) is 14.9. The third-order valence-corrected chi connectivity index (χ3v) is 4.53. The van der Waals surface area contributed by atoms with Gasteiger partial charge in [0.2, 0.25) is 0 Å². The molecule has 0 heterocycles. The summed E-state index contributed by atoms with van der Waals surface area (Å²) in [6.07, 6.45) is 0.261. The van der Waals surface area contributed by atoms with E-state index in [4.69, 9.17) is 17.3 Å². The second-order valence-corrected chi connectivity index (χ2v) is 6.09. The number of carbonyl (C=O) groups excluding carboxylic acids is 1. The van der Waals surface area contributed by atoms with E-state index in [1.165, 1.54) is 0 Å². The van der Waals surface area contributed by atoms with Crippen LogP contribution in [0.25, 0.3) is 0 Å². The van der Waals surface area contributed by atoms with Gasteiger partial charge in [-0.25, -0.2) is 0 Å².